The molecule has 0 spiro atoms. The summed E-state index contributed by atoms with van der Waals surface area (Å²) in [7, 11) is 0. The summed E-state index contributed by atoms with van der Waals surface area (Å²) in [5.74, 6) is -0.177. The molecule has 2 aromatic heterocycles. The van der Waals surface area contributed by atoms with Gasteiger partial charge in [-0.25, -0.2) is 0 Å². The van der Waals surface area contributed by atoms with Crippen LogP contribution in [0.5, 0.6) is 0 Å². The smallest absolute Gasteiger partial charge is 0.266 e. The number of carbonyl (C=O) groups excluding carboxylic acids is 1. The highest BCUT2D eigenvalue weighted by atomic mass is 79.9. The summed E-state index contributed by atoms with van der Waals surface area (Å²) in [6, 6.07) is 3.90. The van der Waals surface area contributed by atoms with Crippen LogP contribution >= 0.6 is 38.6 Å². The molecule has 0 saturated carbocycles. The molecule has 0 aliphatic heterocycles. The van der Waals surface area contributed by atoms with E-state index in [2.05, 4.69) is 27.3 Å². The molecule has 18 heavy (non-hydrogen) atoms. The summed E-state index contributed by atoms with van der Waals surface area (Å²) in [5, 5.41) is 14.4. The monoisotopic (exact) mass is 340 g/mol. The highest BCUT2D eigenvalue weighted by Gasteiger charge is 2.16. The third kappa shape index (κ3) is 2.48. The number of halogens is 1. The molecule has 0 bridgehead atoms. The summed E-state index contributed by atoms with van der Waals surface area (Å²) in [4.78, 5) is 13.7. The van der Waals surface area contributed by atoms with Crippen LogP contribution in [0.15, 0.2) is 15.9 Å². The maximum absolute atomic E-state index is 12.0. The van der Waals surface area contributed by atoms with Crippen molar-refractivity contribution in [2.75, 3.05) is 5.32 Å². The molecule has 0 unspecified atom stereocenters. The second kappa shape index (κ2) is 5.22. The van der Waals surface area contributed by atoms with Crippen molar-refractivity contribution in [3.63, 3.8) is 0 Å². The van der Waals surface area contributed by atoms with E-state index in [0.29, 0.717) is 15.4 Å². The summed E-state index contributed by atoms with van der Waals surface area (Å²) in [6.07, 6.45) is 0. The molecule has 0 saturated heterocycles. The fourth-order valence-electron chi connectivity index (χ4n) is 1.45. The number of rotatable bonds is 2. The molecule has 0 atom stereocenters. The summed E-state index contributed by atoms with van der Waals surface area (Å²) in [6.45, 7) is 3.83. The van der Waals surface area contributed by atoms with E-state index in [1.807, 2.05) is 19.2 Å². The first kappa shape index (κ1) is 13.3. The first-order chi connectivity index (χ1) is 8.52. The van der Waals surface area contributed by atoms with Crippen molar-refractivity contribution in [3.05, 3.63) is 36.8 Å². The molecule has 2 aromatic rings. The minimum absolute atomic E-state index is 0.177. The van der Waals surface area contributed by atoms with Gasteiger partial charge in [0.25, 0.3) is 5.91 Å². The number of anilines is 1. The maximum Gasteiger partial charge on any atom is 0.266 e. The fraction of sp³-hybridized carbons (Fsp3) is 0.167. The van der Waals surface area contributed by atoms with E-state index in [0.717, 1.165) is 14.9 Å². The molecule has 2 heterocycles. The molecule has 0 aliphatic rings. The maximum atomic E-state index is 12.0. The van der Waals surface area contributed by atoms with Gasteiger partial charge in [0.2, 0.25) is 0 Å². The largest absolute Gasteiger partial charge is 0.312 e. The van der Waals surface area contributed by atoms with Crippen LogP contribution in [-0.2, 0) is 0 Å². The van der Waals surface area contributed by atoms with Gasteiger partial charge in [-0.2, -0.15) is 5.26 Å². The molecule has 1 amide bonds. The molecule has 0 radical (unpaired) electrons. The zero-order valence-electron chi connectivity index (χ0n) is 9.70. The number of aryl methyl sites for hydroxylation is 1. The predicted octanol–water partition coefficient (Wildman–Crippen LogP) is 4.31. The van der Waals surface area contributed by atoms with Gasteiger partial charge in [0, 0.05) is 14.7 Å². The molecule has 0 aliphatic carbocycles. The van der Waals surface area contributed by atoms with Gasteiger partial charge in [0.15, 0.2) is 0 Å². The average Bonchev–Trinajstić information content (AvgIpc) is 2.85. The summed E-state index contributed by atoms with van der Waals surface area (Å²) >= 11 is 6.11. The van der Waals surface area contributed by atoms with Gasteiger partial charge >= 0.3 is 0 Å². The number of hydrogen-bond acceptors (Lipinski definition) is 4. The van der Waals surface area contributed by atoms with Crippen molar-refractivity contribution in [1.82, 2.24) is 0 Å². The van der Waals surface area contributed by atoms with Crippen molar-refractivity contribution in [1.29, 1.82) is 5.26 Å². The van der Waals surface area contributed by atoms with Gasteiger partial charge in [0.1, 0.15) is 11.1 Å². The number of carbonyl (C=O) groups is 1. The zero-order valence-corrected chi connectivity index (χ0v) is 12.9. The van der Waals surface area contributed by atoms with E-state index in [9.17, 15) is 4.79 Å². The van der Waals surface area contributed by atoms with Gasteiger partial charge in [-0.15, -0.1) is 22.7 Å². The van der Waals surface area contributed by atoms with Gasteiger partial charge in [-0.05, 0) is 41.4 Å². The van der Waals surface area contributed by atoms with Crippen LogP contribution in [0.25, 0.3) is 0 Å². The predicted molar refractivity (Wildman–Crippen MR) is 78.5 cm³/mol. The van der Waals surface area contributed by atoms with Crippen LogP contribution in [0.1, 0.15) is 25.7 Å². The Kier molecular flexibility index (Phi) is 3.85. The first-order valence-electron chi connectivity index (χ1n) is 5.08. The molecular formula is C12H9BrN2OS2. The highest BCUT2D eigenvalue weighted by Crippen LogP contribution is 2.32. The third-order valence-electron chi connectivity index (χ3n) is 2.52. The Morgan fingerprint density at radius 3 is 2.78 bits per heavy atom. The van der Waals surface area contributed by atoms with Crippen molar-refractivity contribution in [2.45, 2.75) is 13.8 Å². The Morgan fingerprint density at radius 2 is 2.22 bits per heavy atom. The number of amides is 1. The molecule has 0 fully saturated rings. The van der Waals surface area contributed by atoms with Crippen molar-refractivity contribution < 1.29 is 4.79 Å². The van der Waals surface area contributed by atoms with Gasteiger partial charge in [-0.1, -0.05) is 0 Å². The lowest BCUT2D eigenvalue weighted by atomic mass is 10.2. The van der Waals surface area contributed by atoms with Crippen LogP contribution in [0.4, 0.5) is 5.00 Å². The summed E-state index contributed by atoms with van der Waals surface area (Å²) in [5.41, 5.74) is 1.49. The first-order valence-corrected chi connectivity index (χ1v) is 7.57. The molecule has 3 nitrogen and oxygen atoms in total. The zero-order chi connectivity index (χ0) is 13.3. The van der Waals surface area contributed by atoms with Crippen molar-refractivity contribution in [3.8, 4) is 6.07 Å². The Bertz CT molecular complexity index is 652. The van der Waals surface area contributed by atoms with Crippen LogP contribution < -0.4 is 5.32 Å². The number of nitrogens with one attached hydrogen (secondary N) is 1. The SMILES string of the molecule is Cc1sc(NC(=O)c2cc(Br)cs2)c(C#N)c1C. The van der Waals surface area contributed by atoms with Crippen molar-refractivity contribution >= 4 is 49.5 Å². The second-order valence-electron chi connectivity index (χ2n) is 3.68. The Morgan fingerprint density at radius 1 is 1.50 bits per heavy atom. The highest BCUT2D eigenvalue weighted by molar-refractivity contribution is 9.10. The Balaban J connectivity index is 2.28. The van der Waals surface area contributed by atoms with E-state index >= 15 is 0 Å². The number of nitriles is 1. The van der Waals surface area contributed by atoms with E-state index in [1.165, 1.54) is 22.7 Å². The minimum Gasteiger partial charge on any atom is -0.312 e. The van der Waals surface area contributed by atoms with E-state index in [-0.39, 0.29) is 5.91 Å². The van der Waals surface area contributed by atoms with Crippen LogP contribution in [-0.4, -0.2) is 5.91 Å². The minimum atomic E-state index is -0.177. The molecule has 2 rings (SSSR count). The second-order valence-corrected chi connectivity index (χ2v) is 6.73. The standard InChI is InChI=1S/C12H9BrN2OS2/c1-6-7(2)18-12(9(6)4-14)15-11(16)10-3-8(13)5-17-10/h3,5H,1-2H3,(H,15,16). The molecule has 92 valence electrons. The molecule has 1 N–H and O–H groups in total. The number of thiophene rings is 2. The lowest BCUT2D eigenvalue weighted by Gasteiger charge is -2.00. The van der Waals surface area contributed by atoms with Gasteiger partial charge in [-0.3, -0.25) is 4.79 Å². The molecular weight excluding hydrogens is 332 g/mol. The Hall–Kier alpha value is -1.16. The molecule has 6 heteroatoms. The normalized spacial score (nSPS) is 10.1. The van der Waals surface area contributed by atoms with Gasteiger partial charge in [0.05, 0.1) is 10.4 Å². The fourth-order valence-corrected chi connectivity index (χ4v) is 3.77. The Labute approximate surface area is 121 Å². The average molecular weight is 341 g/mol. The third-order valence-corrected chi connectivity index (χ3v) is 5.33. The topological polar surface area (TPSA) is 52.9 Å². The lowest BCUT2D eigenvalue weighted by Crippen LogP contribution is -2.09. The van der Waals surface area contributed by atoms with E-state index in [4.69, 9.17) is 5.26 Å². The summed E-state index contributed by atoms with van der Waals surface area (Å²) < 4.78 is 0.886. The van der Waals surface area contributed by atoms with Crippen LogP contribution in [0.2, 0.25) is 0 Å². The van der Waals surface area contributed by atoms with Gasteiger partial charge < -0.3 is 5.32 Å². The quantitative estimate of drug-likeness (QED) is 0.885. The number of hydrogen-bond donors (Lipinski definition) is 1. The van der Waals surface area contributed by atoms with E-state index < -0.39 is 0 Å². The van der Waals surface area contributed by atoms with E-state index in [1.54, 1.807) is 6.07 Å². The molecule has 0 aromatic carbocycles. The van der Waals surface area contributed by atoms with Crippen molar-refractivity contribution in [2.24, 2.45) is 0 Å². The number of nitrogens with zero attached hydrogens (tertiary/aromatic N) is 1. The van der Waals surface area contributed by atoms with Crippen LogP contribution in [0.3, 0.4) is 0 Å². The van der Waals surface area contributed by atoms with Crippen LogP contribution in [0, 0.1) is 25.2 Å². The lowest BCUT2D eigenvalue weighted by molar-refractivity contribution is 0.103.